The first-order chi connectivity index (χ1) is 13.7. The first-order valence-corrected chi connectivity index (χ1v) is 10.4. The molecule has 2 rings (SSSR count). The van der Waals surface area contributed by atoms with E-state index in [1.54, 1.807) is 17.9 Å². The topological polar surface area (TPSA) is 49.4 Å². The highest BCUT2D eigenvalue weighted by atomic mass is 35.5. The second-order valence-corrected chi connectivity index (χ2v) is 8.50. The Hall–Kier alpha value is -2.33. The third-order valence-corrected chi connectivity index (χ3v) is 5.26. The quantitative estimate of drug-likeness (QED) is 0.681. The number of carbonyl (C=O) groups excluding carboxylic acids is 2. The monoisotopic (exact) mass is 414 g/mol. The van der Waals surface area contributed by atoms with Crippen molar-refractivity contribution in [1.29, 1.82) is 0 Å². The number of amides is 2. The van der Waals surface area contributed by atoms with Gasteiger partial charge in [0, 0.05) is 18.1 Å². The van der Waals surface area contributed by atoms with Gasteiger partial charge in [0.25, 0.3) is 0 Å². The van der Waals surface area contributed by atoms with Crippen LogP contribution in [-0.2, 0) is 22.6 Å². The third-order valence-electron chi connectivity index (χ3n) is 5.02. The summed E-state index contributed by atoms with van der Waals surface area (Å²) in [6.07, 6.45) is 0.253. The van der Waals surface area contributed by atoms with Gasteiger partial charge in [-0.05, 0) is 61.1 Å². The van der Waals surface area contributed by atoms with E-state index in [9.17, 15) is 9.59 Å². The Labute approximate surface area is 179 Å². The molecule has 156 valence electrons. The van der Waals surface area contributed by atoms with E-state index in [1.807, 2.05) is 64.1 Å². The summed E-state index contributed by atoms with van der Waals surface area (Å²) < 4.78 is 0. The average molecular weight is 415 g/mol. The van der Waals surface area contributed by atoms with Gasteiger partial charge in [-0.15, -0.1) is 0 Å². The molecule has 5 heteroatoms. The van der Waals surface area contributed by atoms with E-state index in [0.29, 0.717) is 24.0 Å². The van der Waals surface area contributed by atoms with Crippen LogP contribution in [0.25, 0.3) is 0 Å². The van der Waals surface area contributed by atoms with Crippen molar-refractivity contribution in [3.63, 3.8) is 0 Å². The van der Waals surface area contributed by atoms with E-state index in [4.69, 9.17) is 11.6 Å². The second-order valence-electron chi connectivity index (χ2n) is 8.06. The lowest BCUT2D eigenvalue weighted by molar-refractivity contribution is -0.140. The van der Waals surface area contributed by atoms with Crippen molar-refractivity contribution in [2.24, 2.45) is 5.92 Å². The molecule has 0 bridgehead atoms. The van der Waals surface area contributed by atoms with Gasteiger partial charge in [-0.1, -0.05) is 55.8 Å². The maximum absolute atomic E-state index is 13.2. The van der Waals surface area contributed by atoms with Gasteiger partial charge in [0.15, 0.2) is 0 Å². The molecule has 0 saturated heterocycles. The molecule has 0 saturated carbocycles. The van der Waals surface area contributed by atoms with Crippen LogP contribution < -0.4 is 5.32 Å². The second kappa shape index (κ2) is 10.4. The van der Waals surface area contributed by atoms with Crippen LogP contribution in [0.3, 0.4) is 0 Å². The Morgan fingerprint density at radius 3 is 2.34 bits per heavy atom. The predicted molar refractivity (Wildman–Crippen MR) is 119 cm³/mol. The number of halogens is 1. The van der Waals surface area contributed by atoms with E-state index < -0.39 is 6.04 Å². The smallest absolute Gasteiger partial charge is 0.242 e. The minimum absolute atomic E-state index is 0.0829. The highest BCUT2D eigenvalue weighted by Crippen LogP contribution is 2.17. The molecule has 0 radical (unpaired) electrons. The summed E-state index contributed by atoms with van der Waals surface area (Å²) in [5.74, 6) is 0.119. The van der Waals surface area contributed by atoms with Gasteiger partial charge in [0.1, 0.15) is 6.04 Å². The molecule has 2 aromatic rings. The number of hydrogen-bond acceptors (Lipinski definition) is 2. The first kappa shape index (κ1) is 23.0. The molecule has 4 nitrogen and oxygen atoms in total. The highest BCUT2D eigenvalue weighted by Gasteiger charge is 2.26. The molecule has 2 amide bonds. The Kier molecular flexibility index (Phi) is 8.27. The van der Waals surface area contributed by atoms with Gasteiger partial charge in [0.05, 0.1) is 6.42 Å². The van der Waals surface area contributed by atoms with Crippen molar-refractivity contribution in [3.8, 4) is 0 Å². The maximum Gasteiger partial charge on any atom is 0.242 e. The van der Waals surface area contributed by atoms with Crippen LogP contribution in [0.4, 0.5) is 0 Å². The van der Waals surface area contributed by atoms with E-state index >= 15 is 0 Å². The Balaban J connectivity index is 2.23. The molecule has 0 aromatic heterocycles. The highest BCUT2D eigenvalue weighted by molar-refractivity contribution is 6.30. The van der Waals surface area contributed by atoms with Crippen molar-refractivity contribution in [2.45, 2.75) is 53.6 Å². The molecule has 0 fully saturated rings. The SMILES string of the molecule is Cc1ccc(CC(=O)N(Cc2cccc(Cl)c2)[C@H](C)C(=O)NCC(C)C)cc1C. The van der Waals surface area contributed by atoms with Gasteiger partial charge < -0.3 is 10.2 Å². The lowest BCUT2D eigenvalue weighted by Gasteiger charge is -2.29. The van der Waals surface area contributed by atoms with E-state index in [1.165, 1.54) is 5.56 Å². The molecule has 0 spiro atoms. The summed E-state index contributed by atoms with van der Waals surface area (Å²) >= 11 is 6.11. The summed E-state index contributed by atoms with van der Waals surface area (Å²) in [6.45, 7) is 10.9. The molecule has 0 unspecified atom stereocenters. The lowest BCUT2D eigenvalue weighted by Crippen LogP contribution is -2.48. The largest absolute Gasteiger partial charge is 0.354 e. The molecule has 1 atom stereocenters. The fourth-order valence-electron chi connectivity index (χ4n) is 3.06. The molecule has 1 N–H and O–H groups in total. The van der Waals surface area contributed by atoms with Crippen molar-refractivity contribution in [1.82, 2.24) is 10.2 Å². The van der Waals surface area contributed by atoms with Crippen LogP contribution in [-0.4, -0.2) is 29.3 Å². The number of nitrogens with zero attached hydrogens (tertiary/aromatic N) is 1. The predicted octanol–water partition coefficient (Wildman–Crippen LogP) is 4.69. The number of rotatable bonds is 8. The maximum atomic E-state index is 13.2. The summed E-state index contributed by atoms with van der Waals surface area (Å²) in [7, 11) is 0. The van der Waals surface area contributed by atoms with Crippen LogP contribution in [0.15, 0.2) is 42.5 Å². The van der Waals surface area contributed by atoms with E-state index in [0.717, 1.165) is 16.7 Å². The molecular weight excluding hydrogens is 384 g/mol. The Bertz CT molecular complexity index is 864. The lowest BCUT2D eigenvalue weighted by atomic mass is 10.0. The first-order valence-electron chi connectivity index (χ1n) is 10.0. The zero-order valence-corrected chi connectivity index (χ0v) is 18.7. The van der Waals surface area contributed by atoms with Gasteiger partial charge in [-0.25, -0.2) is 0 Å². The Morgan fingerprint density at radius 2 is 1.72 bits per heavy atom. The van der Waals surface area contributed by atoms with Crippen LogP contribution >= 0.6 is 11.6 Å². The zero-order valence-electron chi connectivity index (χ0n) is 18.0. The van der Waals surface area contributed by atoms with Crippen LogP contribution in [0.2, 0.25) is 5.02 Å². The standard InChI is InChI=1S/C24H31ClN2O2/c1-16(2)14-26-24(29)19(5)27(15-21-7-6-8-22(25)12-21)23(28)13-20-10-9-17(3)18(4)11-20/h6-12,16,19H,13-15H2,1-5H3,(H,26,29)/t19-/m1/s1. The average Bonchev–Trinajstić information content (AvgIpc) is 2.66. The van der Waals surface area contributed by atoms with E-state index in [-0.39, 0.29) is 18.2 Å². The molecular formula is C24H31ClN2O2. The zero-order chi connectivity index (χ0) is 21.6. The number of carbonyl (C=O) groups is 2. The van der Waals surface area contributed by atoms with Crippen LogP contribution in [0.1, 0.15) is 43.0 Å². The molecule has 0 aliphatic heterocycles. The van der Waals surface area contributed by atoms with Crippen LogP contribution in [0, 0.1) is 19.8 Å². The summed E-state index contributed by atoms with van der Waals surface area (Å²) in [5.41, 5.74) is 4.19. The van der Waals surface area contributed by atoms with Crippen molar-refractivity contribution >= 4 is 23.4 Å². The normalized spacial score (nSPS) is 12.0. The number of hydrogen-bond donors (Lipinski definition) is 1. The van der Waals surface area contributed by atoms with Gasteiger partial charge >= 0.3 is 0 Å². The van der Waals surface area contributed by atoms with E-state index in [2.05, 4.69) is 5.32 Å². The third kappa shape index (κ3) is 6.90. The summed E-state index contributed by atoms with van der Waals surface area (Å²) in [5, 5.41) is 3.55. The number of nitrogens with one attached hydrogen (secondary N) is 1. The van der Waals surface area contributed by atoms with Crippen molar-refractivity contribution in [3.05, 3.63) is 69.7 Å². The van der Waals surface area contributed by atoms with Gasteiger partial charge in [-0.2, -0.15) is 0 Å². The molecule has 0 heterocycles. The minimum Gasteiger partial charge on any atom is -0.354 e. The van der Waals surface area contributed by atoms with Crippen molar-refractivity contribution < 1.29 is 9.59 Å². The molecule has 29 heavy (non-hydrogen) atoms. The molecule has 0 aliphatic rings. The van der Waals surface area contributed by atoms with Gasteiger partial charge in [-0.3, -0.25) is 9.59 Å². The number of benzene rings is 2. The van der Waals surface area contributed by atoms with Crippen molar-refractivity contribution in [2.75, 3.05) is 6.54 Å². The summed E-state index contributed by atoms with van der Waals surface area (Å²) in [6, 6.07) is 12.9. The fraction of sp³-hybridized carbons (Fsp3) is 0.417. The summed E-state index contributed by atoms with van der Waals surface area (Å²) in [4.78, 5) is 27.5. The Morgan fingerprint density at radius 1 is 1.00 bits per heavy atom. The van der Waals surface area contributed by atoms with Gasteiger partial charge in [0.2, 0.25) is 11.8 Å². The number of aryl methyl sites for hydroxylation is 2. The minimum atomic E-state index is -0.577. The van der Waals surface area contributed by atoms with Crippen LogP contribution in [0.5, 0.6) is 0 Å². The fourth-order valence-corrected chi connectivity index (χ4v) is 3.27. The molecule has 2 aromatic carbocycles. The molecule has 0 aliphatic carbocycles.